The molecule has 0 spiro atoms. The van der Waals surface area contributed by atoms with Crippen molar-refractivity contribution in [3.63, 3.8) is 0 Å². The fourth-order valence-corrected chi connectivity index (χ4v) is 2.34. The molecule has 2 rings (SSSR count). The van der Waals surface area contributed by atoms with Crippen molar-refractivity contribution < 1.29 is 0 Å². The van der Waals surface area contributed by atoms with Crippen molar-refractivity contribution in [2.24, 2.45) is 4.99 Å². The van der Waals surface area contributed by atoms with Crippen LogP contribution in [0.1, 0.15) is 18.4 Å². The second-order valence-corrected chi connectivity index (χ2v) is 5.21. The molecule has 1 fully saturated rings. The monoisotopic (exact) mass is 403 g/mol. The lowest BCUT2D eigenvalue weighted by atomic mass is 9.96. The Bertz CT molecular complexity index is 518. The van der Waals surface area contributed by atoms with Gasteiger partial charge in [0.25, 0.3) is 0 Å². The lowest BCUT2D eigenvalue weighted by molar-refractivity contribution is 0.649. The van der Waals surface area contributed by atoms with E-state index < -0.39 is 0 Å². The van der Waals surface area contributed by atoms with Gasteiger partial charge in [0.1, 0.15) is 0 Å². The number of nitrogens with zero attached hydrogens (tertiary/aromatic N) is 1. The first-order valence-corrected chi connectivity index (χ1v) is 6.72. The summed E-state index contributed by atoms with van der Waals surface area (Å²) in [5.74, 6) is 3.28. The molecule has 0 bridgehead atoms. The summed E-state index contributed by atoms with van der Waals surface area (Å²) in [6, 6.07) is 8.09. The molecule has 1 aliphatic carbocycles. The van der Waals surface area contributed by atoms with E-state index in [1.54, 1.807) is 7.05 Å². The molecular weight excluding hydrogens is 385 g/mol. The average Bonchev–Trinajstić information content (AvgIpc) is 3.20. The van der Waals surface area contributed by atoms with Gasteiger partial charge in [-0.25, -0.2) is 0 Å². The minimum Gasteiger partial charge on any atom is -0.355 e. The van der Waals surface area contributed by atoms with E-state index in [9.17, 15) is 0 Å². The summed E-state index contributed by atoms with van der Waals surface area (Å²) >= 11 is 6.06. The summed E-state index contributed by atoms with van der Waals surface area (Å²) in [4.78, 5) is 4.14. The lowest BCUT2D eigenvalue weighted by Gasteiger charge is -2.18. The highest BCUT2D eigenvalue weighted by molar-refractivity contribution is 14.0. The molecule has 0 radical (unpaired) electrons. The van der Waals surface area contributed by atoms with Gasteiger partial charge in [-0.3, -0.25) is 4.99 Å². The van der Waals surface area contributed by atoms with Gasteiger partial charge in [-0.2, -0.15) is 0 Å². The number of aliphatic imine (C=N–C) groups is 1. The number of hydrogen-bond acceptors (Lipinski definition) is 1. The van der Waals surface area contributed by atoms with Crippen molar-refractivity contribution >= 4 is 41.5 Å². The normalized spacial score (nSPS) is 15.8. The largest absolute Gasteiger partial charge is 0.355 e. The number of guanidine groups is 1. The number of benzene rings is 1. The van der Waals surface area contributed by atoms with Gasteiger partial charge in [-0.1, -0.05) is 29.7 Å². The van der Waals surface area contributed by atoms with Crippen LogP contribution in [0.25, 0.3) is 0 Å². The van der Waals surface area contributed by atoms with Crippen LogP contribution in [0.5, 0.6) is 0 Å². The fraction of sp³-hybridized carbons (Fsp3) is 0.400. The fourth-order valence-electron chi connectivity index (χ4n) is 2.15. The van der Waals surface area contributed by atoms with E-state index >= 15 is 0 Å². The summed E-state index contributed by atoms with van der Waals surface area (Å²) in [6.45, 7) is 1.32. The standard InChI is InChI=1S/C15H18ClN3.HI/c1-3-9-18-14(17-2)19-11-15(7-8-15)12-5-4-6-13(16)10-12;/h1,4-6,10H,7-9,11H2,2H3,(H2,17,18,19);1H. The molecule has 1 aromatic rings. The van der Waals surface area contributed by atoms with Gasteiger partial charge in [0.2, 0.25) is 0 Å². The zero-order valence-electron chi connectivity index (χ0n) is 11.4. The molecule has 3 nitrogen and oxygen atoms in total. The molecule has 0 unspecified atom stereocenters. The second-order valence-electron chi connectivity index (χ2n) is 4.77. The molecule has 1 saturated carbocycles. The summed E-state index contributed by atoms with van der Waals surface area (Å²) in [5.41, 5.74) is 1.48. The Balaban J connectivity index is 0.00000200. The maximum Gasteiger partial charge on any atom is 0.191 e. The van der Waals surface area contributed by atoms with Crippen LogP contribution < -0.4 is 10.6 Å². The van der Waals surface area contributed by atoms with E-state index in [4.69, 9.17) is 18.0 Å². The molecule has 0 saturated heterocycles. The number of terminal acetylenes is 1. The zero-order chi connectivity index (χ0) is 13.7. The molecule has 0 atom stereocenters. The predicted octanol–water partition coefficient (Wildman–Crippen LogP) is 2.79. The van der Waals surface area contributed by atoms with Gasteiger partial charge < -0.3 is 10.6 Å². The molecular formula is C15H19ClIN3. The topological polar surface area (TPSA) is 36.4 Å². The highest BCUT2D eigenvalue weighted by Gasteiger charge is 2.44. The van der Waals surface area contributed by atoms with Crippen molar-refractivity contribution in [1.29, 1.82) is 0 Å². The van der Waals surface area contributed by atoms with Crippen LogP contribution in [-0.4, -0.2) is 26.1 Å². The third kappa shape index (κ3) is 4.29. The van der Waals surface area contributed by atoms with E-state index in [1.165, 1.54) is 18.4 Å². The van der Waals surface area contributed by atoms with Crippen molar-refractivity contribution in [3.8, 4) is 12.3 Å². The van der Waals surface area contributed by atoms with Crippen LogP contribution in [0.2, 0.25) is 5.02 Å². The molecule has 0 aromatic heterocycles. The molecule has 0 aliphatic heterocycles. The van der Waals surface area contributed by atoms with Crippen LogP contribution >= 0.6 is 35.6 Å². The van der Waals surface area contributed by atoms with Crippen molar-refractivity contribution in [3.05, 3.63) is 34.9 Å². The van der Waals surface area contributed by atoms with Gasteiger partial charge in [0, 0.05) is 24.0 Å². The third-order valence-electron chi connectivity index (χ3n) is 3.47. The maximum absolute atomic E-state index is 6.06. The highest BCUT2D eigenvalue weighted by Crippen LogP contribution is 2.48. The Kier molecular flexibility index (Phi) is 6.63. The summed E-state index contributed by atoms with van der Waals surface area (Å²) in [5, 5.41) is 7.17. The minimum absolute atomic E-state index is 0. The summed E-state index contributed by atoms with van der Waals surface area (Å²) < 4.78 is 0. The first-order valence-electron chi connectivity index (χ1n) is 6.34. The quantitative estimate of drug-likeness (QED) is 0.351. The summed E-state index contributed by atoms with van der Waals surface area (Å²) in [7, 11) is 1.74. The Morgan fingerprint density at radius 3 is 2.75 bits per heavy atom. The van der Waals surface area contributed by atoms with E-state index in [-0.39, 0.29) is 29.4 Å². The SMILES string of the molecule is C#CCNC(=NC)NCC1(c2cccc(Cl)c2)CC1.I. The maximum atomic E-state index is 6.06. The number of halogens is 2. The van der Waals surface area contributed by atoms with E-state index in [2.05, 4.69) is 27.6 Å². The summed E-state index contributed by atoms with van der Waals surface area (Å²) in [6.07, 6.45) is 7.57. The van der Waals surface area contributed by atoms with Crippen LogP contribution in [0.15, 0.2) is 29.3 Å². The molecule has 1 aliphatic rings. The Labute approximate surface area is 142 Å². The van der Waals surface area contributed by atoms with E-state index in [0.717, 1.165) is 17.5 Å². The Morgan fingerprint density at radius 2 is 2.20 bits per heavy atom. The highest BCUT2D eigenvalue weighted by atomic mass is 127. The van der Waals surface area contributed by atoms with Gasteiger partial charge in [0.05, 0.1) is 6.54 Å². The molecule has 0 heterocycles. The van der Waals surface area contributed by atoms with Crippen LogP contribution in [-0.2, 0) is 5.41 Å². The van der Waals surface area contributed by atoms with Gasteiger partial charge >= 0.3 is 0 Å². The first kappa shape index (κ1) is 17.1. The van der Waals surface area contributed by atoms with Crippen LogP contribution in [0.3, 0.4) is 0 Å². The van der Waals surface area contributed by atoms with Crippen molar-refractivity contribution in [2.75, 3.05) is 20.1 Å². The predicted molar refractivity (Wildman–Crippen MR) is 96.0 cm³/mol. The minimum atomic E-state index is 0. The smallest absolute Gasteiger partial charge is 0.191 e. The van der Waals surface area contributed by atoms with E-state index in [1.807, 2.05) is 18.2 Å². The molecule has 1 aromatic carbocycles. The number of nitrogens with one attached hydrogen (secondary N) is 2. The van der Waals surface area contributed by atoms with Crippen LogP contribution in [0, 0.1) is 12.3 Å². The van der Waals surface area contributed by atoms with Crippen LogP contribution in [0.4, 0.5) is 0 Å². The average molecular weight is 404 g/mol. The molecule has 108 valence electrons. The molecule has 5 heteroatoms. The van der Waals surface area contributed by atoms with Crippen molar-refractivity contribution in [2.45, 2.75) is 18.3 Å². The lowest BCUT2D eigenvalue weighted by Crippen LogP contribution is -2.41. The van der Waals surface area contributed by atoms with Gasteiger partial charge in [0.15, 0.2) is 5.96 Å². The molecule has 20 heavy (non-hydrogen) atoms. The molecule has 2 N–H and O–H groups in total. The third-order valence-corrected chi connectivity index (χ3v) is 3.70. The molecule has 0 amide bonds. The number of rotatable bonds is 4. The zero-order valence-corrected chi connectivity index (χ0v) is 14.5. The van der Waals surface area contributed by atoms with E-state index in [0.29, 0.717) is 6.54 Å². The van der Waals surface area contributed by atoms with Crippen molar-refractivity contribution in [1.82, 2.24) is 10.6 Å². The second kappa shape index (κ2) is 7.75. The number of hydrogen-bond donors (Lipinski definition) is 2. The Morgan fingerprint density at radius 1 is 1.45 bits per heavy atom. The van der Waals surface area contributed by atoms with Gasteiger partial charge in [-0.15, -0.1) is 30.4 Å². The first-order chi connectivity index (χ1) is 9.20. The Hall–Kier alpha value is -0.930. The van der Waals surface area contributed by atoms with Gasteiger partial charge in [-0.05, 0) is 30.5 Å².